The topological polar surface area (TPSA) is 42.2 Å². The van der Waals surface area contributed by atoms with E-state index in [1.165, 1.54) is 24.3 Å². The molecule has 0 aliphatic carbocycles. The van der Waals surface area contributed by atoms with E-state index < -0.39 is 23.4 Å². The summed E-state index contributed by atoms with van der Waals surface area (Å²) in [6.07, 6.45) is -4.81. The Morgan fingerprint density at radius 3 is 2.23 bits per heavy atom. The van der Waals surface area contributed by atoms with E-state index in [9.17, 15) is 18.0 Å². The predicted molar refractivity (Wildman–Crippen MR) is 93.0 cm³/mol. The molecule has 1 aromatic heterocycles. The maximum absolute atomic E-state index is 13.3. The minimum atomic E-state index is -4.81. The highest BCUT2D eigenvalue weighted by molar-refractivity contribution is 6.30. The molecule has 0 spiro atoms. The van der Waals surface area contributed by atoms with Gasteiger partial charge in [-0.3, -0.25) is 4.79 Å². The van der Waals surface area contributed by atoms with Crippen LogP contribution in [0.25, 0.3) is 11.3 Å². The zero-order valence-corrected chi connectivity index (χ0v) is 14.0. The van der Waals surface area contributed by atoms with Gasteiger partial charge in [-0.25, -0.2) is 0 Å². The number of carbonyl (C=O) groups is 1. The van der Waals surface area contributed by atoms with Gasteiger partial charge in [0.15, 0.2) is 0 Å². The molecule has 1 amide bonds. The third-order valence-corrected chi connectivity index (χ3v) is 3.83. The summed E-state index contributed by atoms with van der Waals surface area (Å²) >= 11 is 5.78. The molecule has 0 aliphatic heterocycles. The number of anilines is 1. The monoisotopic (exact) mass is 378 g/mol. The van der Waals surface area contributed by atoms with Crippen molar-refractivity contribution < 1.29 is 22.4 Å². The highest BCUT2D eigenvalue weighted by Gasteiger charge is 2.40. The molecular formula is C19H12ClF3NO2. The molecule has 0 atom stereocenters. The first kappa shape index (κ1) is 18.1. The fourth-order valence-corrected chi connectivity index (χ4v) is 2.44. The molecule has 1 heterocycles. The van der Waals surface area contributed by atoms with Crippen molar-refractivity contribution in [3.8, 4) is 11.3 Å². The Kier molecular flexibility index (Phi) is 4.78. The van der Waals surface area contributed by atoms with Crippen molar-refractivity contribution in [2.75, 3.05) is 5.32 Å². The van der Waals surface area contributed by atoms with E-state index in [2.05, 4.69) is 12.2 Å². The molecule has 3 rings (SSSR count). The molecule has 26 heavy (non-hydrogen) atoms. The largest absolute Gasteiger partial charge is 0.451 e. The molecule has 0 aliphatic rings. The average Bonchev–Trinajstić information content (AvgIpc) is 3.03. The van der Waals surface area contributed by atoms with E-state index in [-0.39, 0.29) is 5.76 Å². The molecule has 1 radical (unpaired) electrons. The van der Waals surface area contributed by atoms with Crippen molar-refractivity contribution in [1.29, 1.82) is 0 Å². The lowest BCUT2D eigenvalue weighted by molar-refractivity contribution is -0.153. The molecular weight excluding hydrogens is 367 g/mol. The van der Waals surface area contributed by atoms with Crippen LogP contribution in [-0.2, 0) is 6.18 Å². The maximum Gasteiger partial charge on any atom is 0.450 e. The second-order valence-corrected chi connectivity index (χ2v) is 5.95. The van der Waals surface area contributed by atoms with Gasteiger partial charge in [-0.1, -0.05) is 23.7 Å². The quantitative estimate of drug-likeness (QED) is 0.602. The second kappa shape index (κ2) is 6.88. The van der Waals surface area contributed by atoms with Crippen molar-refractivity contribution in [3.63, 3.8) is 0 Å². The fourth-order valence-electron chi connectivity index (χ4n) is 2.31. The second-order valence-electron chi connectivity index (χ2n) is 5.51. The molecule has 0 unspecified atom stereocenters. The summed E-state index contributed by atoms with van der Waals surface area (Å²) in [5.41, 5.74) is 0.846. The molecule has 0 fully saturated rings. The lowest BCUT2D eigenvalue weighted by Crippen LogP contribution is -2.16. The van der Waals surface area contributed by atoms with Crippen LogP contribution in [0.2, 0.25) is 5.02 Å². The lowest BCUT2D eigenvalue weighted by atomic mass is 10.1. The molecule has 1 N–H and O–H groups in total. The Morgan fingerprint density at radius 1 is 1.04 bits per heavy atom. The Balaban J connectivity index is 1.97. The van der Waals surface area contributed by atoms with Gasteiger partial charge >= 0.3 is 6.18 Å². The van der Waals surface area contributed by atoms with E-state index in [0.717, 1.165) is 6.07 Å². The van der Waals surface area contributed by atoms with Crippen LogP contribution in [0.3, 0.4) is 0 Å². The van der Waals surface area contributed by atoms with Gasteiger partial charge < -0.3 is 9.73 Å². The maximum atomic E-state index is 13.3. The first-order chi connectivity index (χ1) is 12.2. The number of hydrogen-bond donors (Lipinski definition) is 1. The summed E-state index contributed by atoms with van der Waals surface area (Å²) in [7, 11) is 0. The van der Waals surface area contributed by atoms with Crippen molar-refractivity contribution in [3.05, 3.63) is 83.4 Å². The van der Waals surface area contributed by atoms with Crippen LogP contribution in [0.15, 0.2) is 59.0 Å². The lowest BCUT2D eigenvalue weighted by Gasteiger charge is -2.07. The van der Waals surface area contributed by atoms with Crippen molar-refractivity contribution in [2.24, 2.45) is 0 Å². The van der Waals surface area contributed by atoms with Gasteiger partial charge in [0.05, 0.1) is 5.56 Å². The van der Waals surface area contributed by atoms with Gasteiger partial charge in [0.25, 0.3) is 5.91 Å². The van der Waals surface area contributed by atoms with E-state index in [4.69, 9.17) is 16.0 Å². The molecule has 3 aromatic rings. The summed E-state index contributed by atoms with van der Waals surface area (Å²) in [4.78, 5) is 12.4. The van der Waals surface area contributed by atoms with Gasteiger partial charge in [-0.05, 0) is 55.0 Å². The van der Waals surface area contributed by atoms with E-state index >= 15 is 0 Å². The van der Waals surface area contributed by atoms with Crippen LogP contribution in [0.4, 0.5) is 18.9 Å². The average molecular weight is 379 g/mol. The zero-order chi connectivity index (χ0) is 18.9. The van der Waals surface area contributed by atoms with Crippen LogP contribution in [-0.4, -0.2) is 5.91 Å². The number of alkyl halides is 3. The summed E-state index contributed by atoms with van der Waals surface area (Å²) in [5, 5.41) is 2.86. The van der Waals surface area contributed by atoms with Gasteiger partial charge in [0, 0.05) is 16.3 Å². The van der Waals surface area contributed by atoms with E-state index in [1.807, 2.05) is 0 Å². The molecule has 133 valence electrons. The molecule has 0 bridgehead atoms. The Morgan fingerprint density at radius 2 is 1.65 bits per heavy atom. The van der Waals surface area contributed by atoms with Crippen LogP contribution < -0.4 is 5.32 Å². The van der Waals surface area contributed by atoms with Crippen molar-refractivity contribution in [2.45, 2.75) is 6.18 Å². The molecule has 2 aromatic carbocycles. The Labute approximate surface area is 152 Å². The van der Waals surface area contributed by atoms with Crippen LogP contribution >= 0.6 is 11.6 Å². The smallest absolute Gasteiger partial charge is 0.450 e. The first-order valence-corrected chi connectivity index (χ1v) is 7.82. The number of furan rings is 1. The number of rotatable bonds is 3. The standard InChI is InChI=1S/C19H12ClF3NO2/c1-11-2-8-14(9-3-11)24-18(25)15-10-16(26-17(15)19(21,22)23)12-4-6-13(20)7-5-12/h2-10H,1H2,(H,24,25). The van der Waals surface area contributed by atoms with Crippen LogP contribution in [0.1, 0.15) is 21.7 Å². The third-order valence-electron chi connectivity index (χ3n) is 3.57. The van der Waals surface area contributed by atoms with Crippen LogP contribution in [0.5, 0.6) is 0 Å². The van der Waals surface area contributed by atoms with Crippen molar-refractivity contribution >= 4 is 23.2 Å². The molecule has 3 nitrogen and oxygen atoms in total. The summed E-state index contributed by atoms with van der Waals surface area (Å²) in [5.74, 6) is -2.35. The summed E-state index contributed by atoms with van der Waals surface area (Å²) in [6.45, 7) is 3.70. The molecule has 0 saturated carbocycles. The number of benzene rings is 2. The molecule has 0 saturated heterocycles. The number of nitrogens with one attached hydrogen (secondary N) is 1. The fraction of sp³-hybridized carbons (Fsp3) is 0.0526. The molecule has 7 heteroatoms. The predicted octanol–water partition coefficient (Wildman–Crippen LogP) is 6.05. The van der Waals surface area contributed by atoms with Crippen LogP contribution in [0, 0.1) is 6.92 Å². The highest BCUT2D eigenvalue weighted by atomic mass is 35.5. The van der Waals surface area contributed by atoms with Gasteiger partial charge in [0.1, 0.15) is 5.76 Å². The Hall–Kier alpha value is -2.73. The number of carbonyl (C=O) groups excluding carboxylic acids is 1. The van der Waals surface area contributed by atoms with Gasteiger partial charge in [0.2, 0.25) is 5.76 Å². The van der Waals surface area contributed by atoms with E-state index in [1.54, 1.807) is 24.3 Å². The highest BCUT2D eigenvalue weighted by Crippen LogP contribution is 2.37. The number of halogens is 4. The zero-order valence-electron chi connectivity index (χ0n) is 13.2. The summed E-state index contributed by atoms with van der Waals surface area (Å²) in [6, 6.07) is 13.5. The van der Waals surface area contributed by atoms with E-state index in [0.29, 0.717) is 21.8 Å². The first-order valence-electron chi connectivity index (χ1n) is 7.44. The van der Waals surface area contributed by atoms with Crippen molar-refractivity contribution in [1.82, 2.24) is 0 Å². The minimum absolute atomic E-state index is 0.0766. The van der Waals surface area contributed by atoms with Gasteiger partial charge in [-0.15, -0.1) is 0 Å². The minimum Gasteiger partial charge on any atom is -0.451 e. The number of amides is 1. The Bertz CT molecular complexity index is 929. The van der Waals surface area contributed by atoms with Gasteiger partial charge in [-0.2, -0.15) is 13.2 Å². The number of hydrogen-bond acceptors (Lipinski definition) is 2. The normalized spacial score (nSPS) is 11.4. The SMILES string of the molecule is [CH2]c1ccc(NC(=O)c2cc(-c3ccc(Cl)cc3)oc2C(F)(F)F)cc1. The summed E-state index contributed by atoms with van der Waals surface area (Å²) < 4.78 is 44.8. The third kappa shape index (κ3) is 3.91.